The van der Waals surface area contributed by atoms with Crippen molar-refractivity contribution < 1.29 is 33.4 Å². The molecule has 1 aromatic heterocycles. The zero-order chi connectivity index (χ0) is 32.8. The van der Waals surface area contributed by atoms with Gasteiger partial charge < -0.3 is 19.5 Å². The number of carbonyl (C=O) groups excluding carboxylic acids is 4. The van der Waals surface area contributed by atoms with Gasteiger partial charge in [-0.1, -0.05) is 34.1 Å². The molecule has 1 N–H and O–H groups in total. The summed E-state index contributed by atoms with van der Waals surface area (Å²) in [7, 11) is 1.53. The Morgan fingerprint density at radius 2 is 1.89 bits per heavy atom. The number of hydrogen-bond acceptors (Lipinski definition) is 9. The van der Waals surface area contributed by atoms with Gasteiger partial charge in [0.1, 0.15) is 18.2 Å². The number of thiophene rings is 1. The Morgan fingerprint density at radius 3 is 2.61 bits per heavy atom. The van der Waals surface area contributed by atoms with Crippen LogP contribution in [0.3, 0.4) is 0 Å². The Kier molecular flexibility index (Phi) is 11.0. The van der Waals surface area contributed by atoms with Crippen LogP contribution in [-0.4, -0.2) is 48.2 Å². The van der Waals surface area contributed by atoms with E-state index in [-0.39, 0.29) is 11.5 Å². The lowest BCUT2D eigenvalue weighted by Gasteiger charge is -2.16. The van der Waals surface area contributed by atoms with Gasteiger partial charge in [-0.25, -0.2) is 4.79 Å². The first-order valence-corrected chi connectivity index (χ1v) is 17.2. The van der Waals surface area contributed by atoms with Gasteiger partial charge in [0.15, 0.2) is 11.5 Å². The maximum absolute atomic E-state index is 13.3. The highest BCUT2D eigenvalue weighted by Gasteiger charge is 2.37. The van der Waals surface area contributed by atoms with E-state index in [9.17, 15) is 19.2 Å². The summed E-state index contributed by atoms with van der Waals surface area (Å²) in [6.07, 6.45) is 7.35. The third kappa shape index (κ3) is 7.56. The molecule has 1 saturated heterocycles. The minimum Gasteiger partial charge on any atom is -0.493 e. The Labute approximate surface area is 284 Å². The number of carbonyl (C=O) groups is 4. The second kappa shape index (κ2) is 15.1. The van der Waals surface area contributed by atoms with Crippen molar-refractivity contribution in [2.75, 3.05) is 25.6 Å². The highest BCUT2D eigenvalue weighted by molar-refractivity contribution is 9.10. The molecule has 2 heterocycles. The molecule has 46 heavy (non-hydrogen) atoms. The van der Waals surface area contributed by atoms with Gasteiger partial charge in [-0.2, -0.15) is 0 Å². The van der Waals surface area contributed by atoms with Gasteiger partial charge in [0.2, 0.25) is 5.91 Å². The lowest BCUT2D eigenvalue weighted by atomic mass is 9.95. The van der Waals surface area contributed by atoms with E-state index in [0.29, 0.717) is 40.7 Å². The third-order valence-corrected chi connectivity index (χ3v) is 10.1. The van der Waals surface area contributed by atoms with Gasteiger partial charge in [0.05, 0.1) is 24.2 Å². The molecule has 0 atom stereocenters. The topological polar surface area (TPSA) is 111 Å². The Hall–Kier alpha value is -3.87. The van der Waals surface area contributed by atoms with Crippen LogP contribution < -0.4 is 14.8 Å². The molecule has 0 radical (unpaired) electrons. The number of ether oxygens (including phenoxy) is 3. The van der Waals surface area contributed by atoms with E-state index in [4.69, 9.17) is 14.2 Å². The monoisotopic (exact) mass is 724 g/mol. The highest BCUT2D eigenvalue weighted by atomic mass is 79.9. The largest absolute Gasteiger partial charge is 0.493 e. The van der Waals surface area contributed by atoms with Crippen LogP contribution in [0, 0.1) is 0 Å². The summed E-state index contributed by atoms with van der Waals surface area (Å²) in [5, 5.41) is 2.60. The summed E-state index contributed by atoms with van der Waals surface area (Å²) in [5.74, 6) is -0.611. The van der Waals surface area contributed by atoms with E-state index in [0.717, 1.165) is 68.4 Å². The normalized spacial score (nSPS) is 15.1. The molecule has 0 saturated carbocycles. The first kappa shape index (κ1) is 33.5. The number of methoxy groups -OCH3 is 1. The zero-order valence-corrected chi connectivity index (χ0v) is 28.7. The summed E-state index contributed by atoms with van der Waals surface area (Å²) in [6, 6.07) is 11.4. The molecular formula is C34H33BrN2O7S2. The predicted molar refractivity (Wildman–Crippen MR) is 184 cm³/mol. The van der Waals surface area contributed by atoms with Crippen molar-refractivity contribution in [3.05, 3.63) is 91.1 Å². The number of benzene rings is 2. The van der Waals surface area contributed by atoms with Gasteiger partial charge in [0.25, 0.3) is 11.1 Å². The van der Waals surface area contributed by atoms with E-state index in [1.807, 2.05) is 30.3 Å². The first-order valence-electron chi connectivity index (χ1n) is 14.8. The van der Waals surface area contributed by atoms with Gasteiger partial charge >= 0.3 is 5.97 Å². The van der Waals surface area contributed by atoms with Crippen molar-refractivity contribution in [3.63, 3.8) is 0 Å². The zero-order valence-electron chi connectivity index (χ0n) is 25.5. The fraction of sp³-hybridized carbons (Fsp3) is 0.294. The van der Waals surface area contributed by atoms with Crippen LogP contribution in [0.1, 0.15) is 57.3 Å². The number of fused-ring (bicyclic) bond motifs is 1. The summed E-state index contributed by atoms with van der Waals surface area (Å²) < 4.78 is 18.0. The Bertz CT molecular complexity index is 1710. The molecule has 2 aliphatic rings. The summed E-state index contributed by atoms with van der Waals surface area (Å²) in [5.41, 5.74) is 3.69. The molecule has 1 aliphatic carbocycles. The Morgan fingerprint density at radius 1 is 1.13 bits per heavy atom. The summed E-state index contributed by atoms with van der Waals surface area (Å²) >= 11 is 5.54. The minimum atomic E-state index is -0.582. The fourth-order valence-corrected chi connectivity index (χ4v) is 7.69. The maximum atomic E-state index is 13.3. The average Bonchev–Trinajstić information content (AvgIpc) is 3.52. The molecule has 12 heteroatoms. The standard InChI is InChI=1S/C34H33BrN2O7S2/c1-4-8-22-15-21(16-25(42-3)30(22)44-19-20-11-13-23(35)14-12-20)17-27-32(39)37(34(41)46-27)18-28(38)36-31-29(33(40)43-5-2)24-9-6-7-10-26(24)45-31/h4,11-17H,1,5-10,18-19H2,2-3H3,(H,36,38). The SMILES string of the molecule is C=CCc1cc(C=C2SC(=O)N(CC(=O)Nc3sc4c(c3C(=O)OCC)CCCC4)C2=O)cc(OC)c1OCc1ccc(Br)cc1. The molecule has 2 aromatic carbocycles. The number of esters is 1. The van der Waals surface area contributed by atoms with Crippen LogP contribution in [0.2, 0.25) is 0 Å². The van der Waals surface area contributed by atoms with E-state index < -0.39 is 29.6 Å². The van der Waals surface area contributed by atoms with Gasteiger partial charge in [-0.05, 0) is 97.8 Å². The van der Waals surface area contributed by atoms with E-state index >= 15 is 0 Å². The van der Waals surface area contributed by atoms with Crippen LogP contribution in [0.5, 0.6) is 11.5 Å². The molecule has 240 valence electrons. The third-order valence-electron chi connectivity index (χ3n) is 7.41. The Balaban J connectivity index is 1.32. The van der Waals surface area contributed by atoms with E-state index in [1.165, 1.54) is 18.4 Å². The smallest absolute Gasteiger partial charge is 0.341 e. The number of imide groups is 1. The van der Waals surface area contributed by atoms with E-state index in [2.05, 4.69) is 27.8 Å². The summed E-state index contributed by atoms with van der Waals surface area (Å²) in [4.78, 5) is 54.2. The lowest BCUT2D eigenvalue weighted by Crippen LogP contribution is -2.36. The molecule has 0 unspecified atom stereocenters. The maximum Gasteiger partial charge on any atom is 0.341 e. The van der Waals surface area contributed by atoms with Crippen LogP contribution in [-0.2, 0) is 40.2 Å². The molecule has 1 aliphatic heterocycles. The predicted octanol–water partition coefficient (Wildman–Crippen LogP) is 7.56. The van der Waals surface area contributed by atoms with Gasteiger partial charge in [-0.15, -0.1) is 17.9 Å². The second-order valence-electron chi connectivity index (χ2n) is 10.6. The van der Waals surface area contributed by atoms with Crippen molar-refractivity contribution in [1.82, 2.24) is 4.90 Å². The number of hydrogen-bond donors (Lipinski definition) is 1. The van der Waals surface area contributed by atoms with Crippen LogP contribution in [0.4, 0.5) is 9.80 Å². The molecule has 0 spiro atoms. The second-order valence-corrected chi connectivity index (χ2v) is 13.6. The minimum absolute atomic E-state index is 0.173. The van der Waals surface area contributed by atoms with Crippen LogP contribution >= 0.6 is 39.0 Å². The average molecular weight is 726 g/mol. The van der Waals surface area contributed by atoms with Crippen LogP contribution in [0.15, 0.2) is 58.4 Å². The van der Waals surface area contributed by atoms with Crippen molar-refractivity contribution in [2.45, 2.75) is 45.6 Å². The van der Waals surface area contributed by atoms with E-state index in [1.54, 1.807) is 25.1 Å². The van der Waals surface area contributed by atoms with Crippen molar-refractivity contribution in [1.29, 1.82) is 0 Å². The fourth-order valence-electron chi connectivity index (χ4n) is 5.30. The lowest BCUT2D eigenvalue weighted by molar-refractivity contribution is -0.127. The number of nitrogens with one attached hydrogen (secondary N) is 1. The number of allylic oxidation sites excluding steroid dienone is 1. The molecule has 9 nitrogen and oxygen atoms in total. The number of amides is 3. The molecule has 3 amide bonds. The number of halogens is 1. The number of anilines is 1. The molecule has 1 fully saturated rings. The molecular weight excluding hydrogens is 692 g/mol. The summed E-state index contributed by atoms with van der Waals surface area (Å²) in [6.45, 7) is 5.63. The van der Waals surface area contributed by atoms with Crippen molar-refractivity contribution in [3.8, 4) is 11.5 Å². The number of nitrogens with zero attached hydrogens (tertiary/aromatic N) is 1. The molecule has 0 bridgehead atoms. The van der Waals surface area contributed by atoms with Crippen molar-refractivity contribution >= 4 is 73.1 Å². The highest BCUT2D eigenvalue weighted by Crippen LogP contribution is 2.40. The molecule has 3 aromatic rings. The molecule has 5 rings (SSSR count). The number of rotatable bonds is 12. The van der Waals surface area contributed by atoms with Crippen molar-refractivity contribution in [2.24, 2.45) is 0 Å². The number of thioether (sulfide) groups is 1. The van der Waals surface area contributed by atoms with Gasteiger partial charge in [0, 0.05) is 14.9 Å². The first-order chi connectivity index (χ1) is 22.2. The number of aryl methyl sites for hydroxylation is 1. The van der Waals surface area contributed by atoms with Crippen LogP contribution in [0.25, 0.3) is 6.08 Å². The van der Waals surface area contributed by atoms with Gasteiger partial charge in [-0.3, -0.25) is 19.3 Å². The quantitative estimate of drug-likeness (QED) is 0.116.